The second-order valence-electron chi connectivity index (χ2n) is 8.35. The summed E-state index contributed by atoms with van der Waals surface area (Å²) in [6.07, 6.45) is 0. The first-order valence-corrected chi connectivity index (χ1v) is 12.3. The first-order chi connectivity index (χ1) is 16.6. The van der Waals surface area contributed by atoms with E-state index in [9.17, 15) is 9.36 Å². The Morgan fingerprint density at radius 2 is 1.51 bits per heavy atom. The number of rotatable bonds is 8. The highest BCUT2D eigenvalue weighted by Gasteiger charge is 2.32. The van der Waals surface area contributed by atoms with Crippen molar-refractivity contribution in [1.82, 2.24) is 0 Å². The van der Waals surface area contributed by atoms with Crippen molar-refractivity contribution in [3.63, 3.8) is 0 Å². The van der Waals surface area contributed by atoms with E-state index in [1.165, 1.54) is 6.92 Å². The van der Waals surface area contributed by atoms with Gasteiger partial charge >= 0.3 is 7.82 Å². The molecule has 35 heavy (non-hydrogen) atoms. The van der Waals surface area contributed by atoms with Gasteiger partial charge in [-0.25, -0.2) is 4.57 Å². The van der Waals surface area contributed by atoms with Crippen LogP contribution in [0.25, 0.3) is 21.9 Å². The molecule has 0 fully saturated rings. The molecule has 1 amide bonds. The first-order valence-electron chi connectivity index (χ1n) is 10.8. The van der Waals surface area contributed by atoms with Gasteiger partial charge in [-0.3, -0.25) is 9.32 Å². The molecule has 4 rings (SSSR count). The van der Waals surface area contributed by atoms with Gasteiger partial charge in [0.2, 0.25) is 5.91 Å². The molecule has 0 saturated heterocycles. The number of anilines is 1. The summed E-state index contributed by atoms with van der Waals surface area (Å²) in [5.41, 5.74) is 6.94. The molecule has 180 valence electrons. The molecule has 5 N–H and O–H groups in total. The second kappa shape index (κ2) is 10.00. The first kappa shape index (κ1) is 24.6. The fourth-order valence-corrected chi connectivity index (χ4v) is 3.83. The molecule has 0 aliphatic heterocycles. The lowest BCUT2D eigenvalue weighted by Gasteiger charge is -2.23. The molecule has 0 aromatic heterocycles. The van der Waals surface area contributed by atoms with Crippen molar-refractivity contribution in [3.05, 3.63) is 91.0 Å². The highest BCUT2D eigenvalue weighted by molar-refractivity contribution is 7.46. The van der Waals surface area contributed by atoms with E-state index in [-0.39, 0.29) is 0 Å². The Morgan fingerprint density at radius 3 is 2.20 bits per heavy atom. The topological polar surface area (TPSA) is 131 Å². The Labute approximate surface area is 202 Å². The number of benzene rings is 4. The molecule has 0 bridgehead atoms. The van der Waals surface area contributed by atoms with Crippen LogP contribution in [0.15, 0.2) is 91.0 Å². The largest absolute Gasteiger partial charge is 0.469 e. The molecule has 0 heterocycles. The van der Waals surface area contributed by atoms with E-state index in [2.05, 4.69) is 40.2 Å². The number of phosphoric ester groups is 1. The van der Waals surface area contributed by atoms with Crippen molar-refractivity contribution < 1.29 is 28.4 Å². The van der Waals surface area contributed by atoms with Gasteiger partial charge < -0.3 is 25.6 Å². The average Bonchev–Trinajstić information content (AvgIpc) is 2.84. The quantitative estimate of drug-likeness (QED) is 0.253. The predicted octanol–water partition coefficient (Wildman–Crippen LogP) is 5.06. The van der Waals surface area contributed by atoms with Gasteiger partial charge in [0, 0.05) is 5.69 Å². The normalized spacial score (nSPS) is 13.3. The molecule has 9 heteroatoms. The van der Waals surface area contributed by atoms with Crippen molar-refractivity contribution in [2.24, 2.45) is 5.73 Å². The molecule has 4 aromatic carbocycles. The zero-order valence-corrected chi connectivity index (χ0v) is 19.8. The van der Waals surface area contributed by atoms with E-state index in [0.717, 1.165) is 21.9 Å². The number of ether oxygens (including phenoxy) is 1. The molecular weight excluding hydrogens is 467 g/mol. The third-order valence-corrected chi connectivity index (χ3v) is 5.78. The second-order valence-corrected chi connectivity index (χ2v) is 9.59. The molecule has 8 nitrogen and oxygen atoms in total. The summed E-state index contributed by atoms with van der Waals surface area (Å²) in [6, 6.07) is 29.0. The van der Waals surface area contributed by atoms with E-state index in [0.29, 0.717) is 17.2 Å². The van der Waals surface area contributed by atoms with Crippen molar-refractivity contribution in [1.29, 1.82) is 0 Å². The third kappa shape index (κ3) is 6.54. The van der Waals surface area contributed by atoms with E-state index in [1.54, 1.807) is 24.3 Å². The van der Waals surface area contributed by atoms with Crippen LogP contribution in [0, 0.1) is 0 Å². The Hall–Kier alpha value is -3.52. The summed E-state index contributed by atoms with van der Waals surface area (Å²) in [5, 5.41) is 4.75. The number of phosphoric acid groups is 1. The molecule has 0 aliphatic carbocycles. The summed E-state index contributed by atoms with van der Waals surface area (Å²) in [6.45, 7) is 0.678. The molecule has 0 aliphatic rings. The lowest BCUT2D eigenvalue weighted by molar-refractivity contribution is -0.121. The molecule has 0 spiro atoms. The summed E-state index contributed by atoms with van der Waals surface area (Å²) in [7, 11) is -4.73. The maximum atomic E-state index is 12.4. The van der Waals surface area contributed by atoms with Gasteiger partial charge in [-0.2, -0.15) is 0 Å². The van der Waals surface area contributed by atoms with Crippen molar-refractivity contribution >= 4 is 30.2 Å². The maximum absolute atomic E-state index is 12.4. The zero-order chi connectivity index (χ0) is 25.1. The van der Waals surface area contributed by atoms with Crippen molar-refractivity contribution in [3.8, 4) is 22.6 Å². The zero-order valence-electron chi connectivity index (χ0n) is 18.9. The van der Waals surface area contributed by atoms with Crippen molar-refractivity contribution in [2.45, 2.75) is 12.5 Å². The Balaban J connectivity index is 1.41. The lowest BCUT2D eigenvalue weighted by Crippen LogP contribution is -2.52. The van der Waals surface area contributed by atoms with Crippen LogP contribution in [0.5, 0.6) is 11.5 Å². The summed E-state index contributed by atoms with van der Waals surface area (Å²) in [5.74, 6) is 0.596. The van der Waals surface area contributed by atoms with Gasteiger partial charge in [-0.05, 0) is 71.3 Å². The number of carbonyl (C=O) groups excluding carboxylic acids is 1. The predicted molar refractivity (Wildman–Crippen MR) is 135 cm³/mol. The maximum Gasteiger partial charge on any atom is 0.469 e. The molecular formula is C26H25N2O6P. The number of amides is 1. The summed E-state index contributed by atoms with van der Waals surface area (Å²) >= 11 is 0. The molecule has 4 aromatic rings. The van der Waals surface area contributed by atoms with Gasteiger partial charge in [-0.1, -0.05) is 48.5 Å². The minimum absolute atomic E-state index is 0.446. The Morgan fingerprint density at radius 1 is 0.886 bits per heavy atom. The van der Waals surface area contributed by atoms with Gasteiger partial charge in [0.15, 0.2) is 0 Å². The lowest BCUT2D eigenvalue weighted by atomic mass is 10.0. The highest BCUT2D eigenvalue weighted by atomic mass is 31.2. The van der Waals surface area contributed by atoms with Gasteiger partial charge in [-0.15, -0.1) is 0 Å². The number of nitrogens with one attached hydrogen (secondary N) is 1. The molecule has 1 atom stereocenters. The number of fused-ring (bicyclic) bond motifs is 1. The average molecular weight is 492 g/mol. The molecule has 0 unspecified atom stereocenters. The van der Waals surface area contributed by atoms with E-state index in [4.69, 9.17) is 20.3 Å². The van der Waals surface area contributed by atoms with Crippen LogP contribution >= 0.6 is 7.82 Å². The van der Waals surface area contributed by atoms with Crippen LogP contribution in [0.4, 0.5) is 5.69 Å². The van der Waals surface area contributed by atoms with Crippen LogP contribution in [-0.4, -0.2) is 27.8 Å². The van der Waals surface area contributed by atoms with Gasteiger partial charge in [0.05, 0.1) is 6.61 Å². The van der Waals surface area contributed by atoms with E-state index < -0.39 is 25.9 Å². The SMILES string of the molecule is C[C@](N)(COP(=O)(O)O)C(=O)Nc1ccc(Oc2ccc3cc(-c4ccccc4)ccc3c2)cc1. The smallest absolute Gasteiger partial charge is 0.457 e. The number of carbonyl (C=O) groups is 1. The summed E-state index contributed by atoms with van der Waals surface area (Å²) < 4.78 is 21.2. The number of nitrogens with two attached hydrogens (primary N) is 1. The van der Waals surface area contributed by atoms with E-state index >= 15 is 0 Å². The van der Waals surface area contributed by atoms with Crippen LogP contribution in [0.3, 0.4) is 0 Å². The Bertz CT molecular complexity index is 1380. The van der Waals surface area contributed by atoms with Crippen LogP contribution in [0.2, 0.25) is 0 Å². The van der Waals surface area contributed by atoms with Gasteiger partial charge in [0.25, 0.3) is 0 Å². The van der Waals surface area contributed by atoms with Gasteiger partial charge in [0.1, 0.15) is 17.0 Å². The fraction of sp³-hybridized carbons (Fsp3) is 0.115. The monoisotopic (exact) mass is 492 g/mol. The third-order valence-electron chi connectivity index (χ3n) is 5.32. The molecule has 0 saturated carbocycles. The van der Waals surface area contributed by atoms with E-state index in [1.807, 2.05) is 36.4 Å². The Kier molecular flexibility index (Phi) is 7.03. The minimum Gasteiger partial charge on any atom is -0.457 e. The van der Waals surface area contributed by atoms with Crippen LogP contribution in [0.1, 0.15) is 6.92 Å². The van der Waals surface area contributed by atoms with Crippen LogP contribution < -0.4 is 15.8 Å². The van der Waals surface area contributed by atoms with Crippen LogP contribution in [-0.2, 0) is 13.9 Å². The number of hydrogen-bond acceptors (Lipinski definition) is 5. The molecule has 0 radical (unpaired) electrons. The minimum atomic E-state index is -4.73. The number of hydrogen-bond donors (Lipinski definition) is 4. The summed E-state index contributed by atoms with van der Waals surface area (Å²) in [4.78, 5) is 30.0. The van der Waals surface area contributed by atoms with Crippen molar-refractivity contribution in [2.75, 3.05) is 11.9 Å². The highest BCUT2D eigenvalue weighted by Crippen LogP contribution is 2.36. The fourth-order valence-electron chi connectivity index (χ4n) is 3.40. The standard InChI is InChI=1S/C26H25N2O6P/c1-26(27,17-33-35(30,31)32)25(29)28-22-10-13-23(14-11-22)34-24-12-9-20-15-19(7-8-21(20)16-24)18-5-3-2-4-6-18/h2-16H,17,27H2,1H3,(H,28,29)(H2,30,31,32)/t26-/m0/s1.